The normalized spacial score (nSPS) is 10.2. The molecule has 0 aliphatic heterocycles. The zero-order valence-electron chi connectivity index (χ0n) is 12.9. The van der Waals surface area contributed by atoms with Crippen molar-refractivity contribution in [2.45, 2.75) is 26.8 Å². The number of carbonyl (C=O) groups is 3. The van der Waals surface area contributed by atoms with Gasteiger partial charge in [0.25, 0.3) is 11.8 Å². The lowest BCUT2D eigenvalue weighted by molar-refractivity contribution is -0.122. The molecule has 0 spiro atoms. The zero-order valence-corrected chi connectivity index (χ0v) is 12.9. The Morgan fingerprint density at radius 2 is 1.82 bits per heavy atom. The first-order valence-corrected chi connectivity index (χ1v) is 6.98. The smallest absolute Gasteiger partial charge is 0.257 e. The fourth-order valence-corrected chi connectivity index (χ4v) is 1.70. The van der Waals surface area contributed by atoms with Gasteiger partial charge in [-0.3, -0.25) is 14.4 Å². The first kappa shape index (κ1) is 17.5. The number of rotatable bonds is 7. The average molecular weight is 307 g/mol. The van der Waals surface area contributed by atoms with E-state index in [9.17, 15) is 14.4 Å². The molecule has 1 aromatic rings. The molecule has 4 N–H and O–H groups in total. The Labute approximate surface area is 129 Å². The number of nitrogens with one attached hydrogen (secondary N) is 2. The molecule has 1 rings (SSSR count). The zero-order chi connectivity index (χ0) is 16.7. The highest BCUT2D eigenvalue weighted by molar-refractivity contribution is 5.99. The molecule has 0 atom stereocenters. The van der Waals surface area contributed by atoms with Crippen molar-refractivity contribution in [1.29, 1.82) is 0 Å². The van der Waals surface area contributed by atoms with Gasteiger partial charge in [-0.05, 0) is 39.0 Å². The first-order chi connectivity index (χ1) is 10.3. The van der Waals surface area contributed by atoms with Crippen molar-refractivity contribution in [3.8, 4) is 5.75 Å². The van der Waals surface area contributed by atoms with Crippen LogP contribution >= 0.6 is 0 Å². The SMILES string of the molecule is CCNC(=O)COc1cc(C(N)=O)cc(C(=O)NC(C)C)c1. The van der Waals surface area contributed by atoms with Crippen LogP contribution < -0.4 is 21.1 Å². The van der Waals surface area contributed by atoms with Crippen LogP contribution in [0, 0.1) is 0 Å². The van der Waals surface area contributed by atoms with Gasteiger partial charge in [0.2, 0.25) is 5.91 Å². The number of hydrogen-bond acceptors (Lipinski definition) is 4. The Balaban J connectivity index is 2.96. The van der Waals surface area contributed by atoms with Gasteiger partial charge in [-0.1, -0.05) is 0 Å². The van der Waals surface area contributed by atoms with Crippen molar-refractivity contribution in [3.63, 3.8) is 0 Å². The van der Waals surface area contributed by atoms with E-state index < -0.39 is 5.91 Å². The van der Waals surface area contributed by atoms with E-state index in [0.29, 0.717) is 6.54 Å². The van der Waals surface area contributed by atoms with E-state index in [4.69, 9.17) is 10.5 Å². The predicted octanol–water partition coefficient (Wildman–Crippen LogP) is 0.439. The fraction of sp³-hybridized carbons (Fsp3) is 0.400. The summed E-state index contributed by atoms with van der Waals surface area (Å²) in [5, 5.41) is 5.29. The van der Waals surface area contributed by atoms with E-state index in [1.54, 1.807) is 6.92 Å². The summed E-state index contributed by atoms with van der Waals surface area (Å²) in [5.74, 6) is -1.08. The van der Waals surface area contributed by atoms with E-state index in [2.05, 4.69) is 10.6 Å². The second kappa shape index (κ2) is 8.02. The van der Waals surface area contributed by atoms with E-state index in [0.717, 1.165) is 0 Å². The van der Waals surface area contributed by atoms with Crippen LogP contribution in [0.3, 0.4) is 0 Å². The lowest BCUT2D eigenvalue weighted by Gasteiger charge is -2.12. The van der Waals surface area contributed by atoms with E-state index in [-0.39, 0.29) is 41.3 Å². The Morgan fingerprint density at radius 3 is 2.36 bits per heavy atom. The molecule has 7 heteroatoms. The fourth-order valence-electron chi connectivity index (χ4n) is 1.70. The third-order valence-corrected chi connectivity index (χ3v) is 2.62. The van der Waals surface area contributed by atoms with Gasteiger partial charge >= 0.3 is 0 Å². The molecule has 0 saturated carbocycles. The van der Waals surface area contributed by atoms with Gasteiger partial charge in [0, 0.05) is 23.7 Å². The summed E-state index contributed by atoms with van der Waals surface area (Å²) in [6, 6.07) is 4.19. The van der Waals surface area contributed by atoms with Crippen LogP contribution in [0.5, 0.6) is 5.75 Å². The minimum Gasteiger partial charge on any atom is -0.484 e. The van der Waals surface area contributed by atoms with Gasteiger partial charge in [-0.2, -0.15) is 0 Å². The highest BCUT2D eigenvalue weighted by Crippen LogP contribution is 2.17. The lowest BCUT2D eigenvalue weighted by Crippen LogP contribution is -2.30. The summed E-state index contributed by atoms with van der Waals surface area (Å²) in [4.78, 5) is 34.8. The van der Waals surface area contributed by atoms with Crippen molar-refractivity contribution < 1.29 is 19.1 Å². The molecule has 120 valence electrons. The number of ether oxygens (including phenoxy) is 1. The van der Waals surface area contributed by atoms with Gasteiger partial charge in [0.15, 0.2) is 6.61 Å². The topological polar surface area (TPSA) is 111 Å². The molecule has 0 fully saturated rings. The minimum atomic E-state index is -0.679. The van der Waals surface area contributed by atoms with Crippen molar-refractivity contribution in [2.24, 2.45) is 5.73 Å². The molecule has 3 amide bonds. The third-order valence-electron chi connectivity index (χ3n) is 2.62. The molecule has 0 heterocycles. The van der Waals surface area contributed by atoms with Crippen molar-refractivity contribution in [1.82, 2.24) is 10.6 Å². The summed E-state index contributed by atoms with van der Waals surface area (Å²) < 4.78 is 5.31. The van der Waals surface area contributed by atoms with Crippen LogP contribution in [0.25, 0.3) is 0 Å². The van der Waals surface area contributed by atoms with Crippen LogP contribution in [0.1, 0.15) is 41.5 Å². The van der Waals surface area contributed by atoms with Crippen LogP contribution in [0.15, 0.2) is 18.2 Å². The predicted molar refractivity (Wildman–Crippen MR) is 81.7 cm³/mol. The molecule has 0 aliphatic carbocycles. The monoisotopic (exact) mass is 307 g/mol. The Kier molecular flexibility index (Phi) is 6.37. The molecule has 7 nitrogen and oxygen atoms in total. The maximum Gasteiger partial charge on any atom is 0.257 e. The number of nitrogens with two attached hydrogens (primary N) is 1. The molecule has 0 aliphatic rings. The highest BCUT2D eigenvalue weighted by Gasteiger charge is 2.13. The summed E-state index contributed by atoms with van der Waals surface area (Å²) in [6.07, 6.45) is 0. The van der Waals surface area contributed by atoms with Crippen LogP contribution in [0.4, 0.5) is 0 Å². The van der Waals surface area contributed by atoms with Crippen LogP contribution in [-0.4, -0.2) is 36.9 Å². The van der Waals surface area contributed by atoms with Crippen LogP contribution in [0.2, 0.25) is 0 Å². The van der Waals surface area contributed by atoms with Crippen molar-refractivity contribution in [3.05, 3.63) is 29.3 Å². The summed E-state index contributed by atoms with van der Waals surface area (Å²) in [5.41, 5.74) is 5.64. The quantitative estimate of drug-likeness (QED) is 0.678. The van der Waals surface area contributed by atoms with Gasteiger partial charge in [-0.15, -0.1) is 0 Å². The minimum absolute atomic E-state index is 0.0514. The van der Waals surface area contributed by atoms with Crippen LogP contribution in [-0.2, 0) is 4.79 Å². The molecule has 1 aromatic carbocycles. The van der Waals surface area contributed by atoms with Gasteiger partial charge in [-0.25, -0.2) is 0 Å². The second-order valence-corrected chi connectivity index (χ2v) is 4.98. The Bertz CT molecular complexity index is 570. The number of hydrogen-bond donors (Lipinski definition) is 3. The molecule has 0 bridgehead atoms. The van der Waals surface area contributed by atoms with Gasteiger partial charge in [0.05, 0.1) is 0 Å². The number of likely N-dealkylation sites (N-methyl/N-ethyl adjacent to an activating group) is 1. The average Bonchev–Trinajstić information content (AvgIpc) is 2.44. The number of carbonyl (C=O) groups excluding carboxylic acids is 3. The number of benzene rings is 1. The molecular weight excluding hydrogens is 286 g/mol. The summed E-state index contributed by atoms with van der Waals surface area (Å²) >= 11 is 0. The van der Waals surface area contributed by atoms with E-state index >= 15 is 0 Å². The first-order valence-electron chi connectivity index (χ1n) is 6.98. The Morgan fingerprint density at radius 1 is 1.18 bits per heavy atom. The van der Waals surface area contributed by atoms with E-state index in [1.165, 1.54) is 18.2 Å². The highest BCUT2D eigenvalue weighted by atomic mass is 16.5. The molecule has 0 saturated heterocycles. The Hall–Kier alpha value is -2.57. The summed E-state index contributed by atoms with van der Waals surface area (Å²) in [7, 11) is 0. The molecule has 0 radical (unpaired) electrons. The van der Waals surface area contributed by atoms with Gasteiger partial charge < -0.3 is 21.1 Å². The van der Waals surface area contributed by atoms with Crippen molar-refractivity contribution in [2.75, 3.05) is 13.2 Å². The maximum atomic E-state index is 12.0. The lowest BCUT2D eigenvalue weighted by atomic mass is 10.1. The molecule has 0 unspecified atom stereocenters. The largest absolute Gasteiger partial charge is 0.484 e. The standard InChI is InChI=1S/C15H21N3O4/c1-4-17-13(19)8-22-12-6-10(14(16)20)5-11(7-12)15(21)18-9(2)3/h5-7,9H,4,8H2,1-3H3,(H2,16,20)(H,17,19)(H,18,21). The van der Waals surface area contributed by atoms with E-state index in [1.807, 2.05) is 13.8 Å². The second-order valence-electron chi connectivity index (χ2n) is 4.98. The summed E-state index contributed by atoms with van der Waals surface area (Å²) in [6.45, 7) is 5.72. The molecular formula is C15H21N3O4. The molecule has 0 aromatic heterocycles. The maximum absolute atomic E-state index is 12.0. The number of amides is 3. The van der Waals surface area contributed by atoms with Gasteiger partial charge in [0.1, 0.15) is 5.75 Å². The third kappa shape index (κ3) is 5.43. The number of primary amides is 1. The molecule has 22 heavy (non-hydrogen) atoms. The van der Waals surface area contributed by atoms with Crippen molar-refractivity contribution >= 4 is 17.7 Å².